The van der Waals surface area contributed by atoms with Gasteiger partial charge in [0, 0.05) is 5.56 Å². The molecule has 5 heteroatoms. The van der Waals surface area contributed by atoms with Crippen LogP contribution in [0.15, 0.2) is 36.4 Å². The Balaban J connectivity index is 2.07. The molecule has 1 aromatic heterocycles. The van der Waals surface area contributed by atoms with Gasteiger partial charge in [-0.25, -0.2) is 4.68 Å². The van der Waals surface area contributed by atoms with Gasteiger partial charge in [-0.1, -0.05) is 25.1 Å². The number of rotatable bonds is 5. The first-order valence-corrected chi connectivity index (χ1v) is 8.86. The van der Waals surface area contributed by atoms with Crippen LogP contribution in [0.3, 0.4) is 0 Å². The second-order valence-electron chi connectivity index (χ2n) is 7.42. The molecule has 2 N–H and O–H groups in total. The van der Waals surface area contributed by atoms with Crippen molar-refractivity contribution in [1.82, 2.24) is 9.78 Å². The van der Waals surface area contributed by atoms with E-state index >= 15 is 0 Å². The number of anilines is 1. The third-order valence-electron chi connectivity index (χ3n) is 4.27. The van der Waals surface area contributed by atoms with E-state index in [0.29, 0.717) is 23.7 Å². The van der Waals surface area contributed by atoms with E-state index in [1.807, 2.05) is 57.2 Å². The Morgan fingerprint density at radius 3 is 2.50 bits per heavy atom. The molecule has 1 heterocycles. The molecule has 2 aromatic carbocycles. The molecule has 0 saturated heterocycles. The molecule has 0 saturated carbocycles. The molecule has 0 fully saturated rings. The Morgan fingerprint density at radius 2 is 1.85 bits per heavy atom. The zero-order chi connectivity index (χ0) is 18.9. The summed E-state index contributed by atoms with van der Waals surface area (Å²) in [6, 6.07) is 12.0. The molecular formula is C21H25N3O2. The summed E-state index contributed by atoms with van der Waals surface area (Å²) in [5.41, 5.74) is 7.78. The van der Waals surface area contributed by atoms with E-state index in [4.69, 9.17) is 10.5 Å². The van der Waals surface area contributed by atoms with Gasteiger partial charge in [0.05, 0.1) is 17.7 Å². The Kier molecular flexibility index (Phi) is 4.72. The quantitative estimate of drug-likeness (QED) is 0.680. The first-order chi connectivity index (χ1) is 12.3. The van der Waals surface area contributed by atoms with Gasteiger partial charge < -0.3 is 10.5 Å². The molecule has 5 nitrogen and oxygen atoms in total. The van der Waals surface area contributed by atoms with Crippen LogP contribution in [0, 0.1) is 0 Å². The smallest absolute Gasteiger partial charge is 0.156 e. The number of carbonyl (C=O) groups excluding carboxylic acids is 1. The Hall–Kier alpha value is -2.82. The number of nitrogens with two attached hydrogens (primary N) is 1. The van der Waals surface area contributed by atoms with Gasteiger partial charge in [0.2, 0.25) is 0 Å². The number of nitrogens with zero attached hydrogens (tertiary/aromatic N) is 2. The van der Waals surface area contributed by atoms with Crippen molar-refractivity contribution < 1.29 is 9.53 Å². The summed E-state index contributed by atoms with van der Waals surface area (Å²) in [6.45, 7) is 8.81. The number of hydrogen-bond acceptors (Lipinski definition) is 4. The van der Waals surface area contributed by atoms with Gasteiger partial charge in [-0.2, -0.15) is 5.10 Å². The molecule has 26 heavy (non-hydrogen) atoms. The molecule has 0 aliphatic heterocycles. The van der Waals surface area contributed by atoms with E-state index in [1.165, 1.54) is 0 Å². The standard InChI is InChI=1S/C21H25N3O2/c1-5-10-26-17-9-8-14-11-16(7-6-15(14)12-17)19-18(13-25)20(22)24(23-19)21(2,3)4/h6-9,11-13H,5,10,22H2,1-4H3. The van der Waals surface area contributed by atoms with E-state index in [2.05, 4.69) is 12.0 Å². The maximum absolute atomic E-state index is 11.6. The fraction of sp³-hybridized carbons (Fsp3) is 0.333. The van der Waals surface area contributed by atoms with Gasteiger partial charge in [-0.05, 0) is 56.2 Å². The van der Waals surface area contributed by atoms with Crippen LogP contribution in [0.1, 0.15) is 44.5 Å². The highest BCUT2D eigenvalue weighted by Gasteiger charge is 2.23. The van der Waals surface area contributed by atoms with Crippen LogP contribution in [-0.4, -0.2) is 22.7 Å². The second kappa shape index (κ2) is 6.83. The second-order valence-corrected chi connectivity index (χ2v) is 7.42. The highest BCUT2D eigenvalue weighted by molar-refractivity contribution is 5.95. The number of carbonyl (C=O) groups is 1. The first kappa shape index (κ1) is 18.0. The van der Waals surface area contributed by atoms with Crippen molar-refractivity contribution in [1.29, 1.82) is 0 Å². The number of fused-ring (bicyclic) bond motifs is 1. The topological polar surface area (TPSA) is 70.1 Å². The zero-order valence-electron chi connectivity index (χ0n) is 15.7. The minimum atomic E-state index is -0.303. The molecule has 0 unspecified atom stereocenters. The Morgan fingerprint density at radius 1 is 1.15 bits per heavy atom. The highest BCUT2D eigenvalue weighted by atomic mass is 16.5. The van der Waals surface area contributed by atoms with Gasteiger partial charge in [-0.3, -0.25) is 4.79 Å². The van der Waals surface area contributed by atoms with E-state index in [-0.39, 0.29) is 5.54 Å². The van der Waals surface area contributed by atoms with E-state index in [0.717, 1.165) is 34.8 Å². The predicted molar refractivity (Wildman–Crippen MR) is 106 cm³/mol. The summed E-state index contributed by atoms with van der Waals surface area (Å²) in [4.78, 5) is 11.6. The summed E-state index contributed by atoms with van der Waals surface area (Å²) in [6.07, 6.45) is 1.76. The lowest BCUT2D eigenvalue weighted by Crippen LogP contribution is -2.24. The van der Waals surface area contributed by atoms with Crippen LogP contribution in [0.2, 0.25) is 0 Å². The van der Waals surface area contributed by atoms with Crippen molar-refractivity contribution in [3.05, 3.63) is 42.0 Å². The molecular weight excluding hydrogens is 326 g/mol. The maximum atomic E-state index is 11.6. The largest absolute Gasteiger partial charge is 0.494 e. The number of hydrogen-bond donors (Lipinski definition) is 1. The normalized spacial score (nSPS) is 11.7. The monoisotopic (exact) mass is 351 g/mol. The number of benzene rings is 2. The van der Waals surface area contributed by atoms with Crippen molar-refractivity contribution in [3.8, 4) is 17.0 Å². The number of nitrogen functional groups attached to an aromatic ring is 1. The lowest BCUT2D eigenvalue weighted by Gasteiger charge is -2.20. The Labute approximate surface area is 153 Å². The van der Waals surface area contributed by atoms with E-state index in [9.17, 15) is 4.79 Å². The first-order valence-electron chi connectivity index (χ1n) is 8.86. The fourth-order valence-electron chi connectivity index (χ4n) is 2.96. The number of aldehydes is 1. The molecule has 0 aliphatic rings. The minimum Gasteiger partial charge on any atom is -0.494 e. The van der Waals surface area contributed by atoms with E-state index < -0.39 is 0 Å². The van der Waals surface area contributed by atoms with Crippen molar-refractivity contribution in [3.63, 3.8) is 0 Å². The molecule has 0 radical (unpaired) electrons. The molecule has 0 amide bonds. The van der Waals surface area contributed by atoms with Gasteiger partial charge in [0.1, 0.15) is 17.3 Å². The Bertz CT molecular complexity index is 952. The summed E-state index contributed by atoms with van der Waals surface area (Å²) in [5.74, 6) is 1.26. The molecule has 3 rings (SSSR count). The summed E-state index contributed by atoms with van der Waals surface area (Å²) < 4.78 is 7.40. The van der Waals surface area contributed by atoms with Gasteiger partial charge >= 0.3 is 0 Å². The molecule has 3 aromatic rings. The van der Waals surface area contributed by atoms with Crippen LogP contribution in [0.5, 0.6) is 5.75 Å². The van der Waals surface area contributed by atoms with Crippen LogP contribution >= 0.6 is 0 Å². The molecule has 136 valence electrons. The highest BCUT2D eigenvalue weighted by Crippen LogP contribution is 2.32. The maximum Gasteiger partial charge on any atom is 0.156 e. The van der Waals surface area contributed by atoms with Crippen molar-refractivity contribution >= 4 is 22.9 Å². The van der Waals surface area contributed by atoms with E-state index in [1.54, 1.807) is 4.68 Å². The average Bonchev–Trinajstić information content (AvgIpc) is 2.96. The fourth-order valence-corrected chi connectivity index (χ4v) is 2.96. The zero-order valence-corrected chi connectivity index (χ0v) is 15.7. The van der Waals surface area contributed by atoms with Crippen molar-refractivity contribution in [2.24, 2.45) is 0 Å². The summed E-state index contributed by atoms with van der Waals surface area (Å²) in [7, 11) is 0. The number of aromatic nitrogens is 2. The van der Waals surface area contributed by atoms with Crippen LogP contribution in [-0.2, 0) is 5.54 Å². The molecule has 0 bridgehead atoms. The summed E-state index contributed by atoms with van der Waals surface area (Å²) in [5, 5.41) is 6.77. The summed E-state index contributed by atoms with van der Waals surface area (Å²) >= 11 is 0. The van der Waals surface area contributed by atoms with Crippen LogP contribution in [0.4, 0.5) is 5.82 Å². The third-order valence-corrected chi connectivity index (χ3v) is 4.27. The van der Waals surface area contributed by atoms with Crippen molar-refractivity contribution in [2.45, 2.75) is 39.7 Å². The average molecular weight is 351 g/mol. The third kappa shape index (κ3) is 3.29. The molecule has 0 aliphatic carbocycles. The SMILES string of the molecule is CCCOc1ccc2cc(-c3nn(C(C)(C)C)c(N)c3C=O)ccc2c1. The lowest BCUT2D eigenvalue weighted by atomic mass is 10.0. The number of ether oxygens (including phenoxy) is 1. The van der Waals surface area contributed by atoms with Crippen molar-refractivity contribution in [2.75, 3.05) is 12.3 Å². The van der Waals surface area contributed by atoms with Crippen LogP contribution in [0.25, 0.3) is 22.0 Å². The minimum absolute atomic E-state index is 0.303. The van der Waals surface area contributed by atoms with Gasteiger partial charge in [-0.15, -0.1) is 0 Å². The van der Waals surface area contributed by atoms with Gasteiger partial charge in [0.15, 0.2) is 6.29 Å². The molecule has 0 spiro atoms. The lowest BCUT2D eigenvalue weighted by molar-refractivity contribution is 0.112. The van der Waals surface area contributed by atoms with Gasteiger partial charge in [0.25, 0.3) is 0 Å². The predicted octanol–water partition coefficient (Wildman–Crippen LogP) is 4.64. The van der Waals surface area contributed by atoms with Crippen LogP contribution < -0.4 is 10.5 Å². The molecule has 0 atom stereocenters.